The monoisotopic (exact) mass is 441 g/mol. The Morgan fingerprint density at radius 3 is 2.43 bits per heavy atom. The van der Waals surface area contributed by atoms with E-state index in [0.29, 0.717) is 11.3 Å². The summed E-state index contributed by atoms with van der Waals surface area (Å²) in [5, 5.41) is 3.73. The van der Waals surface area contributed by atoms with E-state index in [1.807, 2.05) is 0 Å². The van der Waals surface area contributed by atoms with Crippen molar-refractivity contribution in [2.75, 3.05) is 6.54 Å². The number of rotatable bonds is 6. The number of aromatic nitrogens is 2. The number of nitrogens with one attached hydrogen (secondary N) is 1. The highest BCUT2D eigenvalue weighted by atomic mass is 35.5. The van der Waals surface area contributed by atoms with Crippen molar-refractivity contribution < 1.29 is 12.8 Å². The van der Waals surface area contributed by atoms with Gasteiger partial charge in [0.25, 0.3) is 5.56 Å². The highest BCUT2D eigenvalue weighted by molar-refractivity contribution is 7.89. The molecule has 1 heterocycles. The van der Waals surface area contributed by atoms with Crippen LogP contribution in [0.3, 0.4) is 0 Å². The first-order valence-electron chi connectivity index (χ1n) is 8.06. The SMILES string of the molecule is O=c1c(Cl)c(Cl)cnn1-c1ccc(S(=O)(=O)NCCc2ccccc2F)cc1. The van der Waals surface area contributed by atoms with Crippen molar-refractivity contribution >= 4 is 33.2 Å². The smallest absolute Gasteiger partial charge is 0.266 e. The van der Waals surface area contributed by atoms with Crippen molar-refractivity contribution in [2.45, 2.75) is 11.3 Å². The van der Waals surface area contributed by atoms with E-state index in [0.717, 1.165) is 4.68 Å². The molecule has 0 saturated carbocycles. The first-order valence-corrected chi connectivity index (χ1v) is 10.3. The molecule has 28 heavy (non-hydrogen) atoms. The summed E-state index contributed by atoms with van der Waals surface area (Å²) in [6.07, 6.45) is 1.44. The number of benzene rings is 2. The van der Waals surface area contributed by atoms with Crippen LogP contribution in [0.15, 0.2) is 64.4 Å². The van der Waals surface area contributed by atoms with Crippen LogP contribution < -0.4 is 10.3 Å². The average Bonchev–Trinajstić information content (AvgIpc) is 2.68. The van der Waals surface area contributed by atoms with E-state index in [9.17, 15) is 17.6 Å². The summed E-state index contributed by atoms with van der Waals surface area (Å²) < 4.78 is 41.8. The fourth-order valence-corrected chi connectivity index (χ4v) is 3.75. The van der Waals surface area contributed by atoms with Gasteiger partial charge in [0, 0.05) is 6.54 Å². The van der Waals surface area contributed by atoms with Gasteiger partial charge in [-0.15, -0.1) is 0 Å². The van der Waals surface area contributed by atoms with Crippen LogP contribution in [0.5, 0.6) is 0 Å². The van der Waals surface area contributed by atoms with Gasteiger partial charge >= 0.3 is 0 Å². The van der Waals surface area contributed by atoms with Crippen molar-refractivity contribution in [3.05, 3.63) is 86.5 Å². The van der Waals surface area contributed by atoms with Gasteiger partial charge in [0.15, 0.2) is 0 Å². The molecule has 0 saturated heterocycles. The first-order chi connectivity index (χ1) is 13.3. The van der Waals surface area contributed by atoms with Gasteiger partial charge in [0.2, 0.25) is 10.0 Å². The van der Waals surface area contributed by atoms with E-state index in [-0.39, 0.29) is 33.7 Å². The van der Waals surface area contributed by atoms with Crippen LogP contribution in [-0.4, -0.2) is 24.7 Å². The zero-order valence-corrected chi connectivity index (χ0v) is 16.6. The quantitative estimate of drug-likeness (QED) is 0.636. The summed E-state index contributed by atoms with van der Waals surface area (Å²) in [5.74, 6) is -0.384. The number of sulfonamides is 1. The summed E-state index contributed by atoms with van der Waals surface area (Å²) in [4.78, 5) is 12.1. The molecule has 0 atom stereocenters. The highest BCUT2D eigenvalue weighted by Gasteiger charge is 2.15. The Morgan fingerprint density at radius 1 is 1.07 bits per heavy atom. The number of hydrogen-bond acceptors (Lipinski definition) is 4. The number of hydrogen-bond donors (Lipinski definition) is 1. The molecular weight excluding hydrogens is 428 g/mol. The van der Waals surface area contributed by atoms with E-state index >= 15 is 0 Å². The van der Waals surface area contributed by atoms with Crippen molar-refractivity contribution in [1.29, 1.82) is 0 Å². The van der Waals surface area contributed by atoms with Crippen LogP contribution in [0.1, 0.15) is 5.56 Å². The molecule has 0 radical (unpaired) electrons. The van der Waals surface area contributed by atoms with E-state index in [4.69, 9.17) is 23.2 Å². The summed E-state index contributed by atoms with van der Waals surface area (Å²) in [6.45, 7) is 0.0405. The lowest BCUT2D eigenvalue weighted by Crippen LogP contribution is -2.26. The van der Waals surface area contributed by atoms with E-state index in [2.05, 4.69) is 9.82 Å². The molecule has 1 N–H and O–H groups in total. The predicted octanol–water partition coefficient (Wildman–Crippen LogP) is 3.20. The lowest BCUT2D eigenvalue weighted by molar-refractivity contribution is 0.577. The predicted molar refractivity (Wildman–Crippen MR) is 105 cm³/mol. The summed E-state index contributed by atoms with van der Waals surface area (Å²) in [6, 6.07) is 11.7. The van der Waals surface area contributed by atoms with E-state index in [1.54, 1.807) is 18.2 Å². The largest absolute Gasteiger partial charge is 0.291 e. The van der Waals surface area contributed by atoms with Crippen molar-refractivity contribution in [2.24, 2.45) is 0 Å². The van der Waals surface area contributed by atoms with Gasteiger partial charge in [-0.2, -0.15) is 9.78 Å². The standard InChI is InChI=1S/C18H14Cl2FN3O3S/c19-15-11-22-24(18(25)17(15)20)13-5-7-14(8-6-13)28(26,27)23-10-9-12-3-1-2-4-16(12)21/h1-8,11,23H,9-10H2. The van der Waals surface area contributed by atoms with Crippen LogP contribution in [-0.2, 0) is 16.4 Å². The Morgan fingerprint density at radius 2 is 1.75 bits per heavy atom. The molecule has 0 fully saturated rings. The molecule has 1 aromatic heterocycles. The minimum Gasteiger partial charge on any atom is -0.266 e. The van der Waals surface area contributed by atoms with Crippen LogP contribution in [0, 0.1) is 5.82 Å². The third-order valence-electron chi connectivity index (χ3n) is 3.91. The second kappa shape index (κ2) is 8.40. The summed E-state index contributed by atoms with van der Waals surface area (Å²) >= 11 is 11.6. The summed E-state index contributed by atoms with van der Waals surface area (Å²) in [5.41, 5.74) is 0.132. The normalized spacial score (nSPS) is 11.5. The fraction of sp³-hybridized carbons (Fsp3) is 0.111. The lowest BCUT2D eigenvalue weighted by atomic mass is 10.1. The maximum Gasteiger partial charge on any atom is 0.291 e. The Labute approximate surface area is 170 Å². The van der Waals surface area contributed by atoms with Gasteiger partial charge in [-0.05, 0) is 42.3 Å². The second-order valence-electron chi connectivity index (χ2n) is 5.76. The third kappa shape index (κ3) is 4.41. The maximum absolute atomic E-state index is 13.6. The van der Waals surface area contributed by atoms with Gasteiger partial charge in [0.05, 0.1) is 21.8 Å². The van der Waals surface area contributed by atoms with Gasteiger partial charge in [-0.25, -0.2) is 17.5 Å². The maximum atomic E-state index is 13.6. The second-order valence-corrected chi connectivity index (χ2v) is 8.31. The highest BCUT2D eigenvalue weighted by Crippen LogP contribution is 2.17. The zero-order valence-electron chi connectivity index (χ0n) is 14.3. The molecular formula is C18H14Cl2FN3O3S. The van der Waals surface area contributed by atoms with Crippen LogP contribution in [0.25, 0.3) is 5.69 Å². The molecule has 6 nitrogen and oxygen atoms in total. The topological polar surface area (TPSA) is 81.1 Å². The van der Waals surface area contributed by atoms with Gasteiger partial charge < -0.3 is 0 Å². The lowest BCUT2D eigenvalue weighted by Gasteiger charge is -2.09. The molecule has 10 heteroatoms. The third-order valence-corrected chi connectivity index (χ3v) is 6.14. The van der Waals surface area contributed by atoms with Crippen molar-refractivity contribution in [1.82, 2.24) is 14.5 Å². The fourth-order valence-electron chi connectivity index (χ4n) is 2.47. The Bertz CT molecular complexity index is 1170. The van der Waals surface area contributed by atoms with Crippen molar-refractivity contribution in [3.63, 3.8) is 0 Å². The molecule has 0 amide bonds. The van der Waals surface area contributed by atoms with E-state index < -0.39 is 15.6 Å². The van der Waals surface area contributed by atoms with Gasteiger partial charge in [0.1, 0.15) is 10.8 Å². The van der Waals surface area contributed by atoms with Crippen LogP contribution >= 0.6 is 23.2 Å². The van der Waals surface area contributed by atoms with Crippen LogP contribution in [0.4, 0.5) is 4.39 Å². The van der Waals surface area contributed by atoms with Crippen LogP contribution in [0.2, 0.25) is 10.0 Å². The van der Waals surface area contributed by atoms with Gasteiger partial charge in [-0.1, -0.05) is 41.4 Å². The minimum atomic E-state index is -3.79. The minimum absolute atomic E-state index is 0.00195. The molecule has 146 valence electrons. The molecule has 0 aliphatic carbocycles. The molecule has 0 aliphatic heterocycles. The Hall–Kier alpha value is -2.26. The van der Waals surface area contributed by atoms with E-state index in [1.165, 1.54) is 36.5 Å². The Kier molecular flexibility index (Phi) is 6.14. The number of halogens is 3. The molecule has 0 spiro atoms. The van der Waals surface area contributed by atoms with Crippen molar-refractivity contribution in [3.8, 4) is 5.69 Å². The molecule has 3 rings (SSSR count). The molecule has 0 unspecified atom stereocenters. The molecule has 0 bridgehead atoms. The summed E-state index contributed by atoms with van der Waals surface area (Å²) in [7, 11) is -3.79. The molecule has 3 aromatic rings. The average molecular weight is 442 g/mol. The first kappa shape index (κ1) is 20.5. The van der Waals surface area contributed by atoms with Gasteiger partial charge in [-0.3, -0.25) is 4.79 Å². The molecule has 2 aromatic carbocycles. The molecule has 0 aliphatic rings. The Balaban J connectivity index is 1.74. The zero-order chi connectivity index (χ0) is 20.3. The number of nitrogens with zero attached hydrogens (tertiary/aromatic N) is 2.